The molecular formula is C85H57N13O25S3. The number of hydrogen-bond acceptors (Lipinski definition) is 31. The zero-order valence-corrected chi connectivity index (χ0v) is 67.0. The Labute approximate surface area is 708 Å². The van der Waals surface area contributed by atoms with E-state index in [-0.39, 0.29) is 173 Å². The van der Waals surface area contributed by atoms with Gasteiger partial charge in [0.15, 0.2) is 23.1 Å². The Balaban J connectivity index is 0.738. The smallest absolute Gasteiger partial charge is 0.335 e. The minimum absolute atomic E-state index is 0.00174. The molecule has 4 aromatic heterocycles. The Kier molecular flexibility index (Phi) is 21.7. The Bertz CT molecular complexity index is 7640. The van der Waals surface area contributed by atoms with Gasteiger partial charge in [0.1, 0.15) is 33.7 Å². The molecule has 0 amide bonds. The first kappa shape index (κ1) is 83.2. The van der Waals surface area contributed by atoms with Crippen molar-refractivity contribution in [3.8, 4) is 57.3 Å². The molecule has 41 heteroatoms. The van der Waals surface area contributed by atoms with Crippen molar-refractivity contribution >= 4 is 146 Å². The van der Waals surface area contributed by atoms with Crippen LogP contribution in [0.25, 0.3) is 44.1 Å². The Hall–Kier alpha value is -16.5. The normalized spacial score (nSPS) is 12.0. The van der Waals surface area contributed by atoms with Gasteiger partial charge in [-0.2, -0.15) is 55.2 Å². The van der Waals surface area contributed by atoms with Crippen molar-refractivity contribution in [2.75, 3.05) is 39.7 Å². The number of fused-ring (bicyclic) bond motifs is 4. The summed E-state index contributed by atoms with van der Waals surface area (Å²) >= 11 is 0. The summed E-state index contributed by atoms with van der Waals surface area (Å²) in [6.07, 6.45) is -0.604. The van der Waals surface area contributed by atoms with Crippen molar-refractivity contribution in [3.05, 3.63) is 288 Å². The van der Waals surface area contributed by atoms with Crippen LogP contribution in [0.2, 0.25) is 0 Å². The average Bonchev–Trinajstić information content (AvgIpc) is 0.709. The zero-order valence-electron chi connectivity index (χ0n) is 64.5. The molecule has 0 radical (unpaired) electrons. The van der Waals surface area contributed by atoms with Crippen LogP contribution in [0.1, 0.15) is 95.8 Å². The Morgan fingerprint density at radius 2 is 0.873 bits per heavy atom. The van der Waals surface area contributed by atoms with Gasteiger partial charge < -0.3 is 64.9 Å². The highest BCUT2D eigenvalue weighted by Crippen LogP contribution is 2.48. The van der Waals surface area contributed by atoms with Crippen molar-refractivity contribution in [1.29, 1.82) is 0 Å². The second kappa shape index (κ2) is 32.8. The van der Waals surface area contributed by atoms with Gasteiger partial charge in [-0.3, -0.25) is 52.0 Å². The predicted molar refractivity (Wildman–Crippen MR) is 448 cm³/mol. The topological polar surface area (TPSA) is 559 Å². The van der Waals surface area contributed by atoms with Crippen LogP contribution in [-0.4, -0.2) is 149 Å². The number of carbonyl (C=O) groups is 8. The van der Waals surface area contributed by atoms with E-state index in [0.29, 0.717) is 5.56 Å². The molecule has 10 aromatic carbocycles. The summed E-state index contributed by atoms with van der Waals surface area (Å²) in [5, 5.41) is 35.2. The van der Waals surface area contributed by atoms with Crippen LogP contribution in [0.4, 0.5) is 46.3 Å². The first-order valence-corrected chi connectivity index (χ1v) is 41.3. The zero-order chi connectivity index (χ0) is 89.1. The van der Waals surface area contributed by atoms with Crippen molar-refractivity contribution in [2.24, 2.45) is 14.1 Å². The number of carboxylic acids is 2. The second-order valence-electron chi connectivity index (χ2n) is 27.9. The maximum atomic E-state index is 15.0. The number of ketones is 4. The number of pyridine rings is 2. The van der Waals surface area contributed by atoms with Crippen molar-refractivity contribution in [1.82, 2.24) is 39.0 Å². The molecule has 2 aliphatic rings. The van der Waals surface area contributed by atoms with Crippen LogP contribution in [-0.2, 0) is 60.5 Å². The fourth-order valence-electron chi connectivity index (χ4n) is 14.7. The second-order valence-corrected chi connectivity index (χ2v) is 32.1. The minimum atomic E-state index is -5.21. The van der Waals surface area contributed by atoms with Crippen LogP contribution in [0.3, 0.4) is 0 Å². The van der Waals surface area contributed by atoms with Crippen molar-refractivity contribution in [2.45, 2.75) is 21.1 Å². The van der Waals surface area contributed by atoms with Gasteiger partial charge >= 0.3 is 24.0 Å². The molecule has 38 nitrogen and oxygen atoms in total. The molecule has 16 rings (SSSR count). The molecule has 0 aliphatic heterocycles. The van der Waals surface area contributed by atoms with E-state index < -0.39 is 138 Å². The average molecular weight is 1760 g/mol. The molecule has 0 fully saturated rings. The lowest BCUT2D eigenvalue weighted by Gasteiger charge is -2.26. The SMILES string of the molecule is Cn1c(=O)c(C(=O)c2ccccc2)c2c3c(c(Nc4ccc(S(=O)(=O)O)c(Cc5nc(NCCNc6nc(Nc7ccc(S(=O)(=O)O)c(Nc8ccc9c%10c8C(=O)c8ccccc8-c%10c(C(=O)c8cccc(S(=O)(=O)O)c8)c(=O)n9C)c7)nc(Oc7cc(OC=O)cc(C(=O)O)c7)n6)nc(Oc6cc(OC=O)cc(C(=O)O)c6)n5)c4)ccc31)C(=O)c1ccccc1-2. The number of ether oxygens (including phenoxy) is 4. The molecule has 0 unspecified atom stereocenters. The molecule has 630 valence electrons. The maximum Gasteiger partial charge on any atom is 0.335 e. The fraction of sp³-hybridized carbons (Fsp3) is 0.0588. The van der Waals surface area contributed by atoms with Gasteiger partial charge in [0.2, 0.25) is 17.8 Å². The van der Waals surface area contributed by atoms with Crippen LogP contribution < -0.4 is 56.6 Å². The lowest BCUT2D eigenvalue weighted by molar-refractivity contribution is -0.121. The lowest BCUT2D eigenvalue weighted by Crippen LogP contribution is -2.29. The maximum absolute atomic E-state index is 15.0. The van der Waals surface area contributed by atoms with E-state index in [1.807, 2.05) is 0 Å². The van der Waals surface area contributed by atoms with E-state index in [2.05, 4.69) is 56.5 Å². The van der Waals surface area contributed by atoms with E-state index in [1.54, 1.807) is 66.7 Å². The molecule has 10 N–H and O–H groups in total. The van der Waals surface area contributed by atoms with Gasteiger partial charge in [0.25, 0.3) is 54.4 Å². The summed E-state index contributed by atoms with van der Waals surface area (Å²) in [5.74, 6) is -8.47. The number of benzene rings is 10. The number of aryl methyl sites for hydroxylation is 2. The third-order valence-corrected chi connectivity index (χ3v) is 22.8. The first-order valence-electron chi connectivity index (χ1n) is 36.9. The molecule has 126 heavy (non-hydrogen) atoms. The highest BCUT2D eigenvalue weighted by Gasteiger charge is 2.38. The standard InChI is InChI=1S/C85H57N13O25S3/c1-97-60-23-21-57(67-69(60)65(53-15-6-8-17-55(53)75(67)103)71(77(97)105)73(101)41-11-4-3-5-12-41)88-46-19-25-62(125(114,115)116)43(29-46)35-64-91-81(94-84(92-64)122-50-32-44(79(107)108)30-48(37-50)120-39-99)86-27-28-87-82-93-83(96-85(95-82)123-51-33-45(80(109)110)31-49(38-51)121-40-100)89-47-20-26-63(126(117,118)119)59(36-47)90-58-22-24-61-70-66(54-16-7-9-18-56(54)76(104)68(58)70)72(78(106)98(61)2)74(102)42-13-10-14-52(34-42)124(111,112)113/h3-26,29-34,36-40,88,90H,27-28,35H2,1-2H3,(H,107,108)(H,109,110)(H,111,112,113)(H,114,115,116)(H,117,118,119)(H,86,91,92,94)(H2,87,89,93,95,96). The quantitative estimate of drug-likeness (QED) is 0.00865. The molecular weight excluding hydrogens is 1700 g/mol. The third-order valence-electron chi connectivity index (χ3n) is 20.1. The number of aromatic nitrogens is 8. The van der Waals surface area contributed by atoms with Gasteiger partial charge in [0.05, 0.1) is 71.3 Å². The van der Waals surface area contributed by atoms with Gasteiger partial charge in [-0.1, -0.05) is 91.0 Å². The number of carboxylic acid groups (broad SMARTS) is 2. The summed E-state index contributed by atoms with van der Waals surface area (Å²) in [6.45, 7) is -0.470. The van der Waals surface area contributed by atoms with Crippen LogP contribution in [0.15, 0.2) is 224 Å². The highest BCUT2D eigenvalue weighted by molar-refractivity contribution is 7.86. The molecule has 2 aliphatic carbocycles. The summed E-state index contributed by atoms with van der Waals surface area (Å²) in [6, 6.07) is 42.5. The van der Waals surface area contributed by atoms with E-state index in [4.69, 9.17) is 18.9 Å². The predicted octanol–water partition coefficient (Wildman–Crippen LogP) is 10.8. The van der Waals surface area contributed by atoms with E-state index in [0.717, 1.165) is 77.4 Å². The Morgan fingerprint density at radius 3 is 1.39 bits per heavy atom. The number of hydrogen-bond donors (Lipinski definition) is 10. The molecule has 0 saturated carbocycles. The molecule has 0 saturated heterocycles. The first-order chi connectivity index (χ1) is 60.2. The molecule has 4 heterocycles. The van der Waals surface area contributed by atoms with Gasteiger partial charge in [-0.25, -0.2) is 9.59 Å². The third kappa shape index (κ3) is 16.2. The highest BCUT2D eigenvalue weighted by atomic mass is 32.2. The van der Waals surface area contributed by atoms with Gasteiger partial charge in [-0.05, 0) is 114 Å². The largest absolute Gasteiger partial charge is 0.478 e. The number of nitrogens with zero attached hydrogens (tertiary/aromatic N) is 8. The van der Waals surface area contributed by atoms with Crippen LogP contribution >= 0.6 is 0 Å². The molecule has 14 aromatic rings. The Morgan fingerprint density at radius 1 is 0.413 bits per heavy atom. The summed E-state index contributed by atoms with van der Waals surface area (Å²) < 4.78 is 134. The lowest BCUT2D eigenvalue weighted by atomic mass is 9.80. The molecule has 0 bridgehead atoms. The van der Waals surface area contributed by atoms with E-state index in [1.165, 1.54) is 79.3 Å². The number of aromatic carboxylic acids is 2. The van der Waals surface area contributed by atoms with Crippen molar-refractivity contribution in [3.63, 3.8) is 0 Å². The number of anilines is 8. The summed E-state index contributed by atoms with van der Waals surface area (Å²) in [4.78, 5) is 160. The minimum Gasteiger partial charge on any atom is -0.478 e. The number of nitrogens with one attached hydrogen (secondary N) is 5. The number of rotatable bonds is 30. The van der Waals surface area contributed by atoms with Gasteiger partial charge in [0, 0.05) is 101 Å². The number of carbonyl (C=O) groups excluding carboxylic acids is 6. The van der Waals surface area contributed by atoms with Crippen LogP contribution in [0.5, 0.6) is 35.0 Å². The van der Waals surface area contributed by atoms with Crippen LogP contribution in [0, 0.1) is 0 Å². The molecule has 0 atom stereocenters. The summed E-state index contributed by atoms with van der Waals surface area (Å²) in [5.41, 5.74) is -2.96. The summed E-state index contributed by atoms with van der Waals surface area (Å²) in [7, 11) is -12.4. The van der Waals surface area contributed by atoms with Crippen molar-refractivity contribution < 1.29 is 106 Å². The van der Waals surface area contributed by atoms with Gasteiger partial charge in [-0.15, -0.1) is 0 Å². The van der Waals surface area contributed by atoms with E-state index >= 15 is 4.79 Å². The monoisotopic (exact) mass is 1760 g/mol. The van der Waals surface area contributed by atoms with E-state index in [9.17, 15) is 92.3 Å². The fourth-order valence-corrected chi connectivity index (χ4v) is 16.5. The molecule has 0 spiro atoms.